The molecule has 1 fully saturated rings. The van der Waals surface area contributed by atoms with Crippen LogP contribution in [-0.2, 0) is 16.1 Å². The number of carboxylic acids is 1. The molecule has 0 spiro atoms. The lowest BCUT2D eigenvalue weighted by Gasteiger charge is -2.36. The van der Waals surface area contributed by atoms with Crippen LogP contribution < -0.4 is 0 Å². The highest BCUT2D eigenvalue weighted by Gasteiger charge is 2.27. The molecule has 26 heavy (non-hydrogen) atoms. The first kappa shape index (κ1) is 20.4. The standard InChI is InChI=1S/C20H29FN2O3/c1-2-12-22(15-20(25)26)14-19(24)23(18-6-4-3-5-7-18)13-16-8-10-17(21)11-9-16/h8-11,18H,2-7,12-15H2,1H3,(H,25,26). The second kappa shape index (κ2) is 10.3. The maximum absolute atomic E-state index is 13.2. The molecule has 0 saturated heterocycles. The van der Waals surface area contributed by atoms with E-state index in [1.165, 1.54) is 18.6 Å². The van der Waals surface area contributed by atoms with E-state index in [1.807, 2.05) is 11.8 Å². The molecule has 5 nitrogen and oxygen atoms in total. The van der Waals surface area contributed by atoms with E-state index in [0.717, 1.165) is 37.7 Å². The first-order valence-corrected chi connectivity index (χ1v) is 9.47. The average molecular weight is 364 g/mol. The lowest BCUT2D eigenvalue weighted by Crippen LogP contribution is -2.47. The van der Waals surface area contributed by atoms with Crippen molar-refractivity contribution in [3.8, 4) is 0 Å². The van der Waals surface area contributed by atoms with E-state index in [2.05, 4.69) is 0 Å². The largest absolute Gasteiger partial charge is 0.480 e. The monoisotopic (exact) mass is 364 g/mol. The molecule has 0 aliphatic heterocycles. The predicted molar refractivity (Wildman–Crippen MR) is 98.2 cm³/mol. The highest BCUT2D eigenvalue weighted by atomic mass is 19.1. The van der Waals surface area contributed by atoms with Gasteiger partial charge in [0, 0.05) is 12.6 Å². The summed E-state index contributed by atoms with van der Waals surface area (Å²) in [6.45, 7) is 2.97. The Labute approximate surface area is 154 Å². The van der Waals surface area contributed by atoms with Gasteiger partial charge in [-0.25, -0.2) is 4.39 Å². The fourth-order valence-electron chi connectivity index (χ4n) is 3.60. The number of aliphatic carboxylic acids is 1. The second-order valence-corrected chi connectivity index (χ2v) is 7.04. The summed E-state index contributed by atoms with van der Waals surface area (Å²) in [4.78, 5) is 27.6. The third-order valence-corrected chi connectivity index (χ3v) is 4.86. The molecule has 0 atom stereocenters. The Balaban J connectivity index is 2.11. The smallest absolute Gasteiger partial charge is 0.317 e. The van der Waals surface area contributed by atoms with Crippen molar-refractivity contribution < 1.29 is 19.1 Å². The van der Waals surface area contributed by atoms with Crippen LogP contribution in [0.4, 0.5) is 4.39 Å². The van der Waals surface area contributed by atoms with E-state index in [1.54, 1.807) is 17.0 Å². The van der Waals surface area contributed by atoms with Gasteiger partial charge in [-0.15, -0.1) is 0 Å². The van der Waals surface area contributed by atoms with Crippen LogP contribution in [0.2, 0.25) is 0 Å². The van der Waals surface area contributed by atoms with Gasteiger partial charge in [0.15, 0.2) is 0 Å². The molecule has 0 aromatic heterocycles. The number of halogens is 1. The van der Waals surface area contributed by atoms with Crippen LogP contribution in [0.15, 0.2) is 24.3 Å². The summed E-state index contributed by atoms with van der Waals surface area (Å²) in [6, 6.07) is 6.41. The Morgan fingerprint density at radius 2 is 1.77 bits per heavy atom. The average Bonchev–Trinajstić information content (AvgIpc) is 2.61. The van der Waals surface area contributed by atoms with Crippen molar-refractivity contribution in [2.24, 2.45) is 0 Å². The molecule has 2 rings (SSSR count). The van der Waals surface area contributed by atoms with Crippen molar-refractivity contribution >= 4 is 11.9 Å². The van der Waals surface area contributed by atoms with Crippen molar-refractivity contribution in [1.29, 1.82) is 0 Å². The molecule has 0 unspecified atom stereocenters. The predicted octanol–water partition coefficient (Wildman–Crippen LogP) is 3.28. The summed E-state index contributed by atoms with van der Waals surface area (Å²) in [7, 11) is 0. The van der Waals surface area contributed by atoms with Crippen LogP contribution in [0.5, 0.6) is 0 Å². The summed E-state index contributed by atoms with van der Waals surface area (Å²) in [5.41, 5.74) is 0.894. The molecule has 1 amide bonds. The van der Waals surface area contributed by atoms with E-state index < -0.39 is 5.97 Å². The first-order valence-electron chi connectivity index (χ1n) is 9.47. The molecule has 6 heteroatoms. The Morgan fingerprint density at radius 3 is 2.35 bits per heavy atom. The quantitative estimate of drug-likeness (QED) is 0.730. The summed E-state index contributed by atoms with van der Waals surface area (Å²) >= 11 is 0. The van der Waals surface area contributed by atoms with Crippen molar-refractivity contribution in [3.63, 3.8) is 0 Å². The number of carbonyl (C=O) groups excluding carboxylic acids is 1. The lowest BCUT2D eigenvalue weighted by molar-refractivity contribution is -0.140. The third kappa shape index (κ3) is 6.41. The fourth-order valence-corrected chi connectivity index (χ4v) is 3.60. The number of carbonyl (C=O) groups is 2. The van der Waals surface area contributed by atoms with Gasteiger partial charge in [0.25, 0.3) is 0 Å². The van der Waals surface area contributed by atoms with E-state index in [4.69, 9.17) is 5.11 Å². The summed E-state index contributed by atoms with van der Waals surface area (Å²) < 4.78 is 13.2. The Morgan fingerprint density at radius 1 is 1.12 bits per heavy atom. The lowest BCUT2D eigenvalue weighted by atomic mass is 9.93. The molecule has 0 heterocycles. The van der Waals surface area contributed by atoms with Crippen LogP contribution in [0.3, 0.4) is 0 Å². The van der Waals surface area contributed by atoms with Crippen molar-refractivity contribution in [1.82, 2.24) is 9.80 Å². The van der Waals surface area contributed by atoms with Crippen LogP contribution in [0, 0.1) is 5.82 Å². The number of hydrogen-bond acceptors (Lipinski definition) is 3. The summed E-state index contributed by atoms with van der Waals surface area (Å²) in [5, 5.41) is 9.07. The molecule has 1 N–H and O–H groups in total. The molecule has 1 aliphatic rings. The number of carboxylic acid groups (broad SMARTS) is 1. The van der Waals surface area contributed by atoms with Gasteiger partial charge in [-0.2, -0.15) is 0 Å². The molecular formula is C20H29FN2O3. The minimum Gasteiger partial charge on any atom is -0.480 e. The highest BCUT2D eigenvalue weighted by Crippen LogP contribution is 2.24. The van der Waals surface area contributed by atoms with Gasteiger partial charge in [0.2, 0.25) is 5.91 Å². The van der Waals surface area contributed by atoms with Gasteiger partial charge in [0.1, 0.15) is 5.82 Å². The first-order chi connectivity index (χ1) is 12.5. The van der Waals surface area contributed by atoms with Crippen LogP contribution in [-0.4, -0.2) is 52.5 Å². The van der Waals surface area contributed by atoms with Crippen molar-refractivity contribution in [2.75, 3.05) is 19.6 Å². The van der Waals surface area contributed by atoms with Gasteiger partial charge >= 0.3 is 5.97 Å². The zero-order chi connectivity index (χ0) is 18.9. The van der Waals surface area contributed by atoms with Crippen LogP contribution in [0.1, 0.15) is 51.0 Å². The summed E-state index contributed by atoms with van der Waals surface area (Å²) in [6.07, 6.45) is 6.13. The molecule has 1 aromatic carbocycles. The zero-order valence-electron chi connectivity index (χ0n) is 15.5. The molecule has 1 aliphatic carbocycles. The molecule has 144 valence electrons. The van der Waals surface area contributed by atoms with Gasteiger partial charge < -0.3 is 10.0 Å². The van der Waals surface area contributed by atoms with Crippen LogP contribution in [0.25, 0.3) is 0 Å². The summed E-state index contributed by atoms with van der Waals surface area (Å²) in [5.74, 6) is -1.26. The number of rotatable bonds is 9. The second-order valence-electron chi connectivity index (χ2n) is 7.04. The van der Waals surface area contributed by atoms with Gasteiger partial charge in [-0.05, 0) is 43.5 Å². The highest BCUT2D eigenvalue weighted by molar-refractivity contribution is 5.79. The van der Waals surface area contributed by atoms with Crippen LogP contribution >= 0.6 is 0 Å². The molecule has 0 radical (unpaired) electrons. The Bertz CT molecular complexity index is 585. The fraction of sp³-hybridized carbons (Fsp3) is 0.600. The number of amides is 1. The van der Waals surface area contributed by atoms with Gasteiger partial charge in [-0.3, -0.25) is 14.5 Å². The van der Waals surface area contributed by atoms with E-state index >= 15 is 0 Å². The van der Waals surface area contributed by atoms with Gasteiger partial charge in [0.05, 0.1) is 13.1 Å². The molecule has 1 saturated carbocycles. The Kier molecular flexibility index (Phi) is 8.04. The topological polar surface area (TPSA) is 60.9 Å². The van der Waals surface area contributed by atoms with Crippen molar-refractivity contribution in [3.05, 3.63) is 35.6 Å². The molecule has 0 bridgehead atoms. The minimum atomic E-state index is -0.922. The number of hydrogen-bond donors (Lipinski definition) is 1. The molecular weight excluding hydrogens is 335 g/mol. The SMILES string of the molecule is CCCN(CC(=O)O)CC(=O)N(Cc1ccc(F)cc1)C1CCCCC1. The number of nitrogens with zero attached hydrogens (tertiary/aromatic N) is 2. The molecule has 1 aromatic rings. The maximum Gasteiger partial charge on any atom is 0.317 e. The normalized spacial score (nSPS) is 15.2. The van der Waals surface area contributed by atoms with Gasteiger partial charge in [-0.1, -0.05) is 38.3 Å². The Hall–Kier alpha value is -1.95. The maximum atomic E-state index is 13.2. The van der Waals surface area contributed by atoms with E-state index in [0.29, 0.717) is 13.1 Å². The van der Waals surface area contributed by atoms with Crippen molar-refractivity contribution in [2.45, 2.75) is 58.0 Å². The van der Waals surface area contributed by atoms with E-state index in [9.17, 15) is 14.0 Å². The number of benzene rings is 1. The third-order valence-electron chi connectivity index (χ3n) is 4.86. The zero-order valence-corrected chi connectivity index (χ0v) is 15.5. The van der Waals surface area contributed by atoms with E-state index in [-0.39, 0.29) is 30.9 Å². The minimum absolute atomic E-state index is 0.0454.